The molecule has 7 atom stereocenters. The fourth-order valence-electron chi connectivity index (χ4n) is 6.46. The van der Waals surface area contributed by atoms with Crippen LogP contribution in [0.1, 0.15) is 59.3 Å². The number of carbonyl (C=O) groups excluding carboxylic acids is 1. The lowest BCUT2D eigenvalue weighted by molar-refractivity contribution is -0.116. The van der Waals surface area contributed by atoms with E-state index in [2.05, 4.69) is 39.2 Å². The van der Waals surface area contributed by atoms with Gasteiger partial charge in [0, 0.05) is 5.54 Å². The van der Waals surface area contributed by atoms with E-state index in [1.165, 1.54) is 30.4 Å². The van der Waals surface area contributed by atoms with Crippen molar-refractivity contribution in [1.29, 1.82) is 0 Å². The minimum atomic E-state index is -0.0211. The Morgan fingerprint density at radius 1 is 1.43 bits per heavy atom. The smallest absolute Gasteiger partial charge is 0.207 e. The second-order valence-corrected chi connectivity index (χ2v) is 8.92. The van der Waals surface area contributed by atoms with Crippen molar-refractivity contribution < 1.29 is 4.79 Å². The average Bonchev–Trinajstić information content (AvgIpc) is 2.45. The summed E-state index contributed by atoms with van der Waals surface area (Å²) in [6.45, 7) is 15.6. The minimum Gasteiger partial charge on any atom is -0.353 e. The number of hydrogen-bond donors (Lipinski definition) is 1. The second kappa shape index (κ2) is 6.11. The molecule has 3 aliphatic carbocycles. The predicted octanol–water partition coefficient (Wildman–Crippen LogP) is 4.72. The Kier molecular flexibility index (Phi) is 4.46. The van der Waals surface area contributed by atoms with E-state index in [1.807, 2.05) is 0 Å². The van der Waals surface area contributed by atoms with Crippen molar-refractivity contribution in [2.24, 2.45) is 35.5 Å². The Balaban J connectivity index is 1.96. The van der Waals surface area contributed by atoms with Gasteiger partial charge < -0.3 is 5.32 Å². The zero-order valence-corrected chi connectivity index (χ0v) is 15.1. The largest absolute Gasteiger partial charge is 0.353 e. The number of rotatable bonds is 4. The third-order valence-electron chi connectivity index (χ3n) is 7.35. The summed E-state index contributed by atoms with van der Waals surface area (Å²) >= 11 is 0. The summed E-state index contributed by atoms with van der Waals surface area (Å²) in [6.07, 6.45) is 8.10. The maximum absolute atomic E-state index is 11.2. The topological polar surface area (TPSA) is 29.1 Å². The number of allylic oxidation sites excluding steroid dienone is 2. The van der Waals surface area contributed by atoms with Crippen molar-refractivity contribution in [1.82, 2.24) is 5.32 Å². The molecule has 2 heteroatoms. The van der Waals surface area contributed by atoms with Crippen molar-refractivity contribution in [2.75, 3.05) is 0 Å². The van der Waals surface area contributed by atoms with Gasteiger partial charge in [-0.2, -0.15) is 0 Å². The Bertz CT molecular complexity index is 510. The number of nitrogens with one attached hydrogen (secondary N) is 1. The normalized spacial score (nSPS) is 46.0. The highest BCUT2D eigenvalue weighted by Gasteiger charge is 2.56. The highest BCUT2D eigenvalue weighted by atomic mass is 16.1. The Hall–Kier alpha value is -1.05. The second-order valence-electron chi connectivity index (χ2n) is 8.92. The molecule has 3 aliphatic rings. The lowest BCUT2D eigenvalue weighted by atomic mass is 9.46. The molecule has 1 amide bonds. The van der Waals surface area contributed by atoms with Crippen molar-refractivity contribution in [3.05, 3.63) is 24.3 Å². The fraction of sp³-hybridized carbons (Fsp3) is 0.762. The number of carbonyl (C=O) groups is 1. The maximum atomic E-state index is 11.2. The van der Waals surface area contributed by atoms with E-state index in [0.717, 1.165) is 37.5 Å². The van der Waals surface area contributed by atoms with Gasteiger partial charge in [0.25, 0.3) is 0 Å². The average molecular weight is 316 g/mol. The lowest BCUT2D eigenvalue weighted by Gasteiger charge is -2.60. The standard InChI is InChI=1S/C21H33NO/c1-13(2)10-16-11-15(4)17-8-9-21(5,22-12-23)18-7-6-14(3)19(16)20(17)18/h12,15-20H,1,3,6-11H2,2,4-5H3,(H,22,23)/t15-,16-,17+,18-,19-,20+,21-/m0/s1. The van der Waals surface area contributed by atoms with Crippen LogP contribution in [0.5, 0.6) is 0 Å². The van der Waals surface area contributed by atoms with Gasteiger partial charge in [-0.3, -0.25) is 4.79 Å². The van der Waals surface area contributed by atoms with Gasteiger partial charge in [0.1, 0.15) is 0 Å². The molecule has 0 bridgehead atoms. The molecule has 0 spiro atoms. The van der Waals surface area contributed by atoms with E-state index in [4.69, 9.17) is 0 Å². The van der Waals surface area contributed by atoms with Gasteiger partial charge in [0.15, 0.2) is 0 Å². The van der Waals surface area contributed by atoms with E-state index in [-0.39, 0.29) is 5.54 Å². The van der Waals surface area contributed by atoms with E-state index in [9.17, 15) is 4.79 Å². The Morgan fingerprint density at radius 2 is 2.17 bits per heavy atom. The summed E-state index contributed by atoms with van der Waals surface area (Å²) in [5, 5.41) is 3.21. The third kappa shape index (κ3) is 2.79. The molecule has 1 N–H and O–H groups in total. The van der Waals surface area contributed by atoms with E-state index < -0.39 is 0 Å². The van der Waals surface area contributed by atoms with E-state index in [1.54, 1.807) is 0 Å². The molecule has 128 valence electrons. The molecule has 0 radical (unpaired) electrons. The van der Waals surface area contributed by atoms with Gasteiger partial charge in [-0.1, -0.05) is 24.6 Å². The minimum absolute atomic E-state index is 0.0211. The molecular formula is C21H33NO. The van der Waals surface area contributed by atoms with Crippen LogP contribution in [-0.2, 0) is 4.79 Å². The molecular weight excluding hydrogens is 282 g/mol. The molecule has 0 aliphatic heterocycles. The van der Waals surface area contributed by atoms with Crippen molar-refractivity contribution in [3.8, 4) is 0 Å². The molecule has 0 aromatic heterocycles. The maximum Gasteiger partial charge on any atom is 0.207 e. The summed E-state index contributed by atoms with van der Waals surface area (Å²) in [5.41, 5.74) is 2.76. The summed E-state index contributed by atoms with van der Waals surface area (Å²) in [6, 6.07) is 0. The molecule has 0 saturated heterocycles. The van der Waals surface area contributed by atoms with Crippen molar-refractivity contribution in [3.63, 3.8) is 0 Å². The Labute approximate surface area is 141 Å². The van der Waals surface area contributed by atoms with Gasteiger partial charge in [0.2, 0.25) is 6.41 Å². The summed E-state index contributed by atoms with van der Waals surface area (Å²) in [5.74, 6) is 4.25. The molecule has 0 heterocycles. The summed E-state index contributed by atoms with van der Waals surface area (Å²) < 4.78 is 0. The van der Waals surface area contributed by atoms with Gasteiger partial charge in [-0.25, -0.2) is 0 Å². The van der Waals surface area contributed by atoms with E-state index >= 15 is 0 Å². The molecule has 0 unspecified atom stereocenters. The number of amides is 1. The monoisotopic (exact) mass is 315 g/mol. The zero-order valence-electron chi connectivity index (χ0n) is 15.1. The number of hydrogen-bond acceptors (Lipinski definition) is 1. The first-order chi connectivity index (χ1) is 10.9. The first kappa shape index (κ1) is 16.8. The Morgan fingerprint density at radius 3 is 2.83 bits per heavy atom. The molecule has 0 aromatic carbocycles. The summed E-state index contributed by atoms with van der Waals surface area (Å²) in [4.78, 5) is 11.2. The van der Waals surface area contributed by atoms with Crippen LogP contribution < -0.4 is 5.32 Å². The third-order valence-corrected chi connectivity index (χ3v) is 7.35. The van der Waals surface area contributed by atoms with Crippen LogP contribution in [0, 0.1) is 35.5 Å². The highest BCUT2D eigenvalue weighted by molar-refractivity contribution is 5.48. The van der Waals surface area contributed by atoms with Crippen molar-refractivity contribution >= 4 is 6.41 Å². The van der Waals surface area contributed by atoms with Gasteiger partial charge in [-0.05, 0) is 87.9 Å². The molecule has 3 fully saturated rings. The van der Waals surface area contributed by atoms with Gasteiger partial charge in [-0.15, -0.1) is 6.58 Å². The molecule has 2 nitrogen and oxygen atoms in total. The summed E-state index contributed by atoms with van der Waals surface area (Å²) in [7, 11) is 0. The van der Waals surface area contributed by atoms with Crippen LogP contribution in [0.25, 0.3) is 0 Å². The van der Waals surface area contributed by atoms with E-state index in [0.29, 0.717) is 23.7 Å². The van der Waals surface area contributed by atoms with Gasteiger partial charge in [0.05, 0.1) is 0 Å². The molecule has 3 rings (SSSR count). The first-order valence-corrected chi connectivity index (χ1v) is 9.40. The fourth-order valence-corrected chi connectivity index (χ4v) is 6.46. The quantitative estimate of drug-likeness (QED) is 0.590. The van der Waals surface area contributed by atoms with Crippen LogP contribution in [0.15, 0.2) is 24.3 Å². The molecule has 3 saturated carbocycles. The van der Waals surface area contributed by atoms with Crippen LogP contribution in [-0.4, -0.2) is 11.9 Å². The molecule has 23 heavy (non-hydrogen) atoms. The highest BCUT2D eigenvalue weighted by Crippen LogP contribution is 2.60. The zero-order chi connectivity index (χ0) is 16.8. The van der Waals surface area contributed by atoms with Crippen LogP contribution >= 0.6 is 0 Å². The first-order valence-electron chi connectivity index (χ1n) is 9.40. The van der Waals surface area contributed by atoms with Crippen LogP contribution in [0.4, 0.5) is 0 Å². The predicted molar refractivity (Wildman–Crippen MR) is 95.9 cm³/mol. The van der Waals surface area contributed by atoms with Gasteiger partial charge >= 0.3 is 0 Å². The van der Waals surface area contributed by atoms with Crippen molar-refractivity contribution in [2.45, 2.75) is 64.8 Å². The van der Waals surface area contributed by atoms with Crippen LogP contribution in [0.3, 0.4) is 0 Å². The molecule has 0 aromatic rings. The SMILES string of the molecule is C=C(C)C[C@H]1C[C@H](C)[C@H]2CC[C@](C)(NC=O)[C@H]3CCC(=C)[C@@H]1[C@H]23. The van der Waals surface area contributed by atoms with Crippen LogP contribution in [0.2, 0.25) is 0 Å². The lowest BCUT2D eigenvalue weighted by Crippen LogP contribution is -2.61.